The number of hydrogen-bond acceptors (Lipinski definition) is 5. The summed E-state index contributed by atoms with van der Waals surface area (Å²) in [5, 5.41) is 0. The van der Waals surface area contributed by atoms with E-state index in [9.17, 15) is 4.39 Å². The molecule has 0 bridgehead atoms. The second kappa shape index (κ2) is 7.21. The summed E-state index contributed by atoms with van der Waals surface area (Å²) in [6, 6.07) is 15.1. The van der Waals surface area contributed by atoms with Crippen LogP contribution in [-0.2, 0) is 11.3 Å². The van der Waals surface area contributed by atoms with Gasteiger partial charge in [-0.15, -0.1) is 0 Å². The largest absolute Gasteiger partial charge is 0.494 e. The van der Waals surface area contributed by atoms with Crippen molar-refractivity contribution in [2.45, 2.75) is 12.6 Å². The van der Waals surface area contributed by atoms with Crippen molar-refractivity contribution < 1.29 is 13.9 Å². The van der Waals surface area contributed by atoms with E-state index in [0.717, 1.165) is 11.3 Å². The van der Waals surface area contributed by atoms with Crippen molar-refractivity contribution >= 4 is 11.7 Å². The highest BCUT2D eigenvalue weighted by molar-refractivity contribution is 5.73. The zero-order valence-electron chi connectivity index (χ0n) is 13.5. The fraction of sp³-hybridized carbons (Fsp3) is 0.278. The van der Waals surface area contributed by atoms with Crippen LogP contribution >= 0.6 is 0 Å². The molecule has 0 spiro atoms. The van der Waals surface area contributed by atoms with E-state index in [1.807, 2.05) is 18.2 Å². The molecule has 0 aromatic heterocycles. The van der Waals surface area contributed by atoms with Gasteiger partial charge in [0.1, 0.15) is 12.6 Å². The maximum atomic E-state index is 13.7. The Hall–Kier alpha value is -2.76. The summed E-state index contributed by atoms with van der Waals surface area (Å²) in [4.78, 5) is 6.40. The summed E-state index contributed by atoms with van der Waals surface area (Å²) in [5.41, 5.74) is 7.61. The Morgan fingerprint density at radius 3 is 2.75 bits per heavy atom. The van der Waals surface area contributed by atoms with Crippen molar-refractivity contribution in [3.8, 4) is 5.75 Å². The van der Waals surface area contributed by atoms with Crippen LogP contribution < -0.4 is 15.4 Å². The minimum absolute atomic E-state index is 0.0511. The molecule has 1 atom stereocenters. The second-order valence-electron chi connectivity index (χ2n) is 5.62. The molecule has 24 heavy (non-hydrogen) atoms. The summed E-state index contributed by atoms with van der Waals surface area (Å²) < 4.78 is 24.0. The van der Waals surface area contributed by atoms with Crippen LogP contribution in [0, 0.1) is 5.82 Å². The van der Waals surface area contributed by atoms with E-state index in [4.69, 9.17) is 15.2 Å². The van der Waals surface area contributed by atoms with Crippen LogP contribution in [0.3, 0.4) is 0 Å². The minimum Gasteiger partial charge on any atom is -0.494 e. The number of halogens is 1. The van der Waals surface area contributed by atoms with E-state index >= 15 is 0 Å². The highest BCUT2D eigenvalue weighted by Gasteiger charge is 2.21. The van der Waals surface area contributed by atoms with E-state index in [0.29, 0.717) is 19.7 Å². The lowest BCUT2D eigenvalue weighted by Crippen LogP contribution is -2.32. The van der Waals surface area contributed by atoms with Crippen LogP contribution in [0.15, 0.2) is 53.5 Å². The summed E-state index contributed by atoms with van der Waals surface area (Å²) in [7, 11) is 1.46. The Bertz CT molecular complexity index is 721. The van der Waals surface area contributed by atoms with Crippen LogP contribution in [0.4, 0.5) is 10.1 Å². The molecule has 5 nitrogen and oxygen atoms in total. The van der Waals surface area contributed by atoms with Crippen LogP contribution in [0.5, 0.6) is 5.75 Å². The number of ether oxygens (including phenoxy) is 2. The molecule has 1 aliphatic rings. The Kier molecular flexibility index (Phi) is 4.84. The van der Waals surface area contributed by atoms with Crippen LogP contribution in [0.1, 0.15) is 5.56 Å². The molecule has 2 aromatic carbocycles. The number of rotatable bonds is 6. The van der Waals surface area contributed by atoms with Gasteiger partial charge in [0.05, 0.1) is 7.11 Å². The number of methoxy groups -OCH3 is 1. The first-order valence-corrected chi connectivity index (χ1v) is 7.74. The summed E-state index contributed by atoms with van der Waals surface area (Å²) >= 11 is 0. The molecule has 126 valence electrons. The highest BCUT2D eigenvalue weighted by atomic mass is 19.1. The van der Waals surface area contributed by atoms with Gasteiger partial charge in [-0.1, -0.05) is 30.3 Å². The first-order chi connectivity index (χ1) is 11.7. The second-order valence-corrected chi connectivity index (χ2v) is 5.62. The maximum Gasteiger partial charge on any atom is 0.282 e. The van der Waals surface area contributed by atoms with Crippen LogP contribution in [-0.4, -0.2) is 32.3 Å². The van der Waals surface area contributed by atoms with Gasteiger partial charge in [-0.05, 0) is 17.7 Å². The van der Waals surface area contributed by atoms with Crippen molar-refractivity contribution in [1.82, 2.24) is 0 Å². The lowest BCUT2D eigenvalue weighted by molar-refractivity contribution is 0.313. The fourth-order valence-corrected chi connectivity index (χ4v) is 2.69. The number of amidine groups is 1. The molecule has 0 saturated carbocycles. The minimum atomic E-state index is -0.382. The van der Waals surface area contributed by atoms with Gasteiger partial charge in [-0.25, -0.2) is 9.38 Å². The average Bonchev–Trinajstić information content (AvgIpc) is 3.01. The van der Waals surface area contributed by atoms with Gasteiger partial charge < -0.3 is 20.1 Å². The number of hydrogen-bond donors (Lipinski definition) is 1. The molecule has 2 aromatic rings. The molecule has 3 rings (SSSR count). The van der Waals surface area contributed by atoms with E-state index in [1.165, 1.54) is 13.2 Å². The molecule has 0 saturated heterocycles. The third kappa shape index (κ3) is 3.76. The summed E-state index contributed by atoms with van der Waals surface area (Å²) in [5.74, 6) is -0.163. The fourth-order valence-electron chi connectivity index (χ4n) is 2.69. The van der Waals surface area contributed by atoms with Gasteiger partial charge in [-0.3, -0.25) is 0 Å². The Morgan fingerprint density at radius 2 is 2.08 bits per heavy atom. The lowest BCUT2D eigenvalue weighted by Gasteiger charge is -2.27. The van der Waals surface area contributed by atoms with E-state index in [1.54, 1.807) is 12.1 Å². The zero-order chi connectivity index (χ0) is 16.9. The molecule has 0 aliphatic carbocycles. The molecule has 0 unspecified atom stereocenters. The monoisotopic (exact) mass is 329 g/mol. The molecule has 2 N–H and O–H groups in total. The van der Waals surface area contributed by atoms with Crippen LogP contribution in [0.2, 0.25) is 0 Å². The zero-order valence-corrected chi connectivity index (χ0v) is 13.5. The Labute approximate surface area is 140 Å². The van der Waals surface area contributed by atoms with Crippen molar-refractivity contribution in [1.29, 1.82) is 0 Å². The van der Waals surface area contributed by atoms with E-state index < -0.39 is 0 Å². The van der Waals surface area contributed by atoms with Gasteiger partial charge >= 0.3 is 0 Å². The number of nitrogens with zero attached hydrogens (tertiary/aromatic N) is 2. The maximum absolute atomic E-state index is 13.7. The number of anilines is 1. The third-order valence-corrected chi connectivity index (χ3v) is 3.88. The van der Waals surface area contributed by atoms with Crippen LogP contribution in [0.25, 0.3) is 0 Å². The van der Waals surface area contributed by atoms with E-state index in [2.05, 4.69) is 22.0 Å². The summed E-state index contributed by atoms with van der Waals surface area (Å²) in [6.07, 6.45) is 0. The SMILES string of the molecule is COc1cc(N(Cc2ccccc2)C[C@H]2COC(N)=N2)ccc1F. The molecular formula is C18H20FN3O2. The smallest absolute Gasteiger partial charge is 0.282 e. The van der Waals surface area contributed by atoms with Gasteiger partial charge in [0.2, 0.25) is 0 Å². The van der Waals surface area contributed by atoms with Crippen molar-refractivity contribution in [3.05, 3.63) is 59.9 Å². The highest BCUT2D eigenvalue weighted by Crippen LogP contribution is 2.26. The number of benzene rings is 2. The predicted octanol–water partition coefficient (Wildman–Crippen LogP) is 2.55. The van der Waals surface area contributed by atoms with Gasteiger partial charge in [0.25, 0.3) is 6.02 Å². The Balaban J connectivity index is 1.86. The first-order valence-electron chi connectivity index (χ1n) is 7.74. The van der Waals surface area contributed by atoms with Gasteiger partial charge in [0.15, 0.2) is 11.6 Å². The molecule has 0 radical (unpaired) electrons. The molecular weight excluding hydrogens is 309 g/mol. The van der Waals surface area contributed by atoms with E-state index in [-0.39, 0.29) is 23.6 Å². The number of aliphatic imine (C=N–C) groups is 1. The lowest BCUT2D eigenvalue weighted by atomic mass is 10.1. The third-order valence-electron chi connectivity index (χ3n) is 3.88. The molecule has 1 aliphatic heterocycles. The first kappa shape index (κ1) is 16.1. The van der Waals surface area contributed by atoms with Crippen molar-refractivity contribution in [3.63, 3.8) is 0 Å². The Morgan fingerprint density at radius 1 is 1.29 bits per heavy atom. The van der Waals surface area contributed by atoms with Crippen molar-refractivity contribution in [2.75, 3.05) is 25.2 Å². The average molecular weight is 329 g/mol. The quantitative estimate of drug-likeness (QED) is 0.885. The summed E-state index contributed by atoms with van der Waals surface area (Å²) in [6.45, 7) is 1.74. The van der Waals surface area contributed by atoms with Gasteiger partial charge in [0, 0.05) is 24.8 Å². The molecule has 0 fully saturated rings. The molecule has 0 amide bonds. The van der Waals surface area contributed by atoms with Gasteiger partial charge in [-0.2, -0.15) is 0 Å². The molecule has 1 heterocycles. The predicted molar refractivity (Wildman–Crippen MR) is 91.8 cm³/mol. The number of nitrogens with two attached hydrogens (primary N) is 1. The topological polar surface area (TPSA) is 60.1 Å². The standard InChI is InChI=1S/C18H20FN3O2/c1-23-17-9-15(7-8-16(17)19)22(10-13-5-3-2-4-6-13)11-14-12-24-18(20)21-14/h2-9,14H,10-12H2,1H3,(H2,20,21)/t14-/m0/s1. The molecule has 6 heteroatoms. The van der Waals surface area contributed by atoms with Crippen molar-refractivity contribution in [2.24, 2.45) is 10.7 Å². The normalized spacial score (nSPS) is 16.4.